The molecule has 0 aliphatic rings. The van der Waals surface area contributed by atoms with Crippen molar-refractivity contribution < 1.29 is 27.4 Å². The van der Waals surface area contributed by atoms with E-state index >= 15 is 0 Å². The molecule has 0 unspecified atom stereocenters. The molecule has 0 fully saturated rings. The Morgan fingerprint density at radius 1 is 1.13 bits per heavy atom. The highest BCUT2D eigenvalue weighted by atomic mass is 32.1. The molecule has 9 heteroatoms. The van der Waals surface area contributed by atoms with Crippen molar-refractivity contribution in [3.8, 4) is 11.5 Å². The van der Waals surface area contributed by atoms with Crippen LogP contribution >= 0.6 is 11.3 Å². The second kappa shape index (κ2) is 9.62. The van der Waals surface area contributed by atoms with Crippen LogP contribution in [0.5, 0.6) is 11.5 Å². The van der Waals surface area contributed by atoms with Gasteiger partial charge in [-0.2, -0.15) is 13.2 Å². The second-order valence-corrected chi connectivity index (χ2v) is 7.42. The number of methoxy groups -OCH3 is 1. The van der Waals surface area contributed by atoms with Gasteiger partial charge in [-0.1, -0.05) is 30.3 Å². The predicted octanol–water partition coefficient (Wildman–Crippen LogP) is 5.17. The summed E-state index contributed by atoms with van der Waals surface area (Å²) in [7, 11) is 1.54. The molecular formula is C21H19F3N2O3S. The third-order valence-electron chi connectivity index (χ3n) is 4.09. The van der Waals surface area contributed by atoms with Gasteiger partial charge in [-0.15, -0.1) is 11.3 Å². The molecule has 0 aliphatic carbocycles. The average Bonchev–Trinajstić information content (AvgIpc) is 3.14. The van der Waals surface area contributed by atoms with Gasteiger partial charge in [0.15, 0.2) is 16.6 Å². The number of carbonyl (C=O) groups excluding carboxylic acids is 1. The van der Waals surface area contributed by atoms with E-state index in [-0.39, 0.29) is 18.9 Å². The lowest BCUT2D eigenvalue weighted by molar-refractivity contribution is -0.137. The number of ether oxygens (including phenoxy) is 2. The average molecular weight is 436 g/mol. The Morgan fingerprint density at radius 3 is 2.63 bits per heavy atom. The highest BCUT2D eigenvalue weighted by Gasteiger charge is 2.30. The lowest BCUT2D eigenvalue weighted by Crippen LogP contribution is -2.15. The molecule has 5 nitrogen and oxygen atoms in total. The van der Waals surface area contributed by atoms with Gasteiger partial charge in [0, 0.05) is 17.5 Å². The van der Waals surface area contributed by atoms with Gasteiger partial charge in [0.25, 0.3) is 0 Å². The number of carbonyl (C=O) groups is 1. The van der Waals surface area contributed by atoms with E-state index in [1.165, 1.54) is 24.5 Å². The summed E-state index contributed by atoms with van der Waals surface area (Å²) >= 11 is 1.22. The van der Waals surface area contributed by atoms with Gasteiger partial charge in [0.1, 0.15) is 0 Å². The van der Waals surface area contributed by atoms with E-state index in [4.69, 9.17) is 9.47 Å². The SMILES string of the molecule is COc1ccccc1OCCC(=O)Nc1ncc(Cc2cccc(C(F)(F)F)c2)s1. The zero-order valence-corrected chi connectivity index (χ0v) is 16.8. The molecule has 0 saturated carbocycles. The van der Waals surface area contributed by atoms with E-state index in [2.05, 4.69) is 10.3 Å². The standard InChI is InChI=1S/C21H19F3N2O3S/c1-28-17-7-2-3-8-18(17)29-10-9-19(27)26-20-25-13-16(30-20)12-14-5-4-6-15(11-14)21(22,23)24/h2-8,11,13H,9-10,12H2,1H3,(H,25,26,27). The van der Waals surface area contributed by atoms with Crippen molar-refractivity contribution in [3.63, 3.8) is 0 Å². The minimum Gasteiger partial charge on any atom is -0.493 e. The van der Waals surface area contributed by atoms with Crippen molar-refractivity contribution in [3.05, 3.63) is 70.7 Å². The van der Waals surface area contributed by atoms with E-state index in [9.17, 15) is 18.0 Å². The Morgan fingerprint density at radius 2 is 1.90 bits per heavy atom. The maximum absolute atomic E-state index is 12.8. The molecule has 0 bridgehead atoms. The normalized spacial score (nSPS) is 11.2. The van der Waals surface area contributed by atoms with Crippen LogP contribution in [0.3, 0.4) is 0 Å². The molecule has 1 amide bonds. The molecule has 3 aromatic rings. The van der Waals surface area contributed by atoms with Crippen molar-refractivity contribution >= 4 is 22.4 Å². The number of rotatable bonds is 8. The molecule has 2 aromatic carbocycles. The second-order valence-electron chi connectivity index (χ2n) is 6.30. The largest absolute Gasteiger partial charge is 0.493 e. The summed E-state index contributed by atoms with van der Waals surface area (Å²) < 4.78 is 49.2. The molecule has 1 heterocycles. The van der Waals surface area contributed by atoms with Gasteiger partial charge < -0.3 is 14.8 Å². The van der Waals surface area contributed by atoms with Gasteiger partial charge in [-0.3, -0.25) is 4.79 Å². The first-order valence-corrected chi connectivity index (χ1v) is 9.83. The van der Waals surface area contributed by atoms with Crippen LogP contribution in [0.25, 0.3) is 0 Å². The number of thiazole rings is 1. The number of amides is 1. The number of nitrogens with one attached hydrogen (secondary N) is 1. The van der Waals surface area contributed by atoms with Gasteiger partial charge in [0.2, 0.25) is 5.91 Å². The topological polar surface area (TPSA) is 60.5 Å². The summed E-state index contributed by atoms with van der Waals surface area (Å²) in [5.41, 5.74) is -0.162. The fourth-order valence-electron chi connectivity index (χ4n) is 2.68. The maximum atomic E-state index is 12.8. The van der Waals surface area contributed by atoms with Crippen LogP contribution in [0.2, 0.25) is 0 Å². The maximum Gasteiger partial charge on any atom is 0.416 e. The Hall–Kier alpha value is -3.07. The Kier molecular flexibility index (Phi) is 6.94. The molecule has 30 heavy (non-hydrogen) atoms. The van der Waals surface area contributed by atoms with Crippen LogP contribution in [-0.4, -0.2) is 24.6 Å². The fourth-order valence-corrected chi connectivity index (χ4v) is 3.54. The summed E-state index contributed by atoms with van der Waals surface area (Å²) in [6.45, 7) is 0.161. The lowest BCUT2D eigenvalue weighted by atomic mass is 10.1. The van der Waals surface area contributed by atoms with Gasteiger partial charge in [0.05, 0.1) is 25.7 Å². The molecule has 0 atom stereocenters. The molecule has 0 spiro atoms. The first-order chi connectivity index (χ1) is 14.3. The number of hydrogen-bond donors (Lipinski definition) is 1. The third-order valence-corrected chi connectivity index (χ3v) is 5.00. The van der Waals surface area contributed by atoms with Crippen LogP contribution in [0.1, 0.15) is 22.4 Å². The van der Waals surface area contributed by atoms with Crippen molar-refractivity contribution in [2.24, 2.45) is 0 Å². The smallest absolute Gasteiger partial charge is 0.416 e. The summed E-state index contributed by atoms with van der Waals surface area (Å²) in [5.74, 6) is 0.854. The number of hydrogen-bond acceptors (Lipinski definition) is 5. The monoisotopic (exact) mass is 436 g/mol. The van der Waals surface area contributed by atoms with Crippen molar-refractivity contribution in [1.82, 2.24) is 4.98 Å². The molecule has 1 aromatic heterocycles. The number of alkyl halides is 3. The van der Waals surface area contributed by atoms with Crippen molar-refractivity contribution in [2.45, 2.75) is 19.0 Å². The van der Waals surface area contributed by atoms with Crippen molar-refractivity contribution in [2.75, 3.05) is 19.0 Å². The molecule has 158 valence electrons. The Balaban J connectivity index is 1.51. The predicted molar refractivity (Wildman–Crippen MR) is 108 cm³/mol. The minimum atomic E-state index is -4.38. The highest BCUT2D eigenvalue weighted by molar-refractivity contribution is 7.15. The molecule has 0 radical (unpaired) electrons. The van der Waals surface area contributed by atoms with E-state index in [1.807, 2.05) is 6.07 Å². The first-order valence-electron chi connectivity index (χ1n) is 9.01. The molecule has 0 saturated heterocycles. The third kappa shape index (κ3) is 5.96. The minimum absolute atomic E-state index is 0.112. The van der Waals surface area contributed by atoms with Crippen molar-refractivity contribution in [1.29, 1.82) is 0 Å². The zero-order valence-electron chi connectivity index (χ0n) is 16.0. The van der Waals surface area contributed by atoms with Crippen LogP contribution in [0, 0.1) is 0 Å². The number of para-hydroxylation sites is 2. The van der Waals surface area contributed by atoms with Crippen LogP contribution in [0.15, 0.2) is 54.7 Å². The van der Waals surface area contributed by atoms with Crippen LogP contribution in [0.4, 0.5) is 18.3 Å². The Bertz CT molecular complexity index is 1000. The lowest BCUT2D eigenvalue weighted by Gasteiger charge is -2.09. The van der Waals surface area contributed by atoms with Gasteiger partial charge in [-0.05, 0) is 23.8 Å². The number of aromatic nitrogens is 1. The van der Waals surface area contributed by atoms with E-state index < -0.39 is 11.7 Å². The summed E-state index contributed by atoms with van der Waals surface area (Å²) in [5, 5.41) is 3.06. The number of anilines is 1. The van der Waals surface area contributed by atoms with E-state index in [0.717, 1.165) is 17.0 Å². The van der Waals surface area contributed by atoms with Gasteiger partial charge in [-0.25, -0.2) is 4.98 Å². The number of nitrogens with zero attached hydrogens (tertiary/aromatic N) is 1. The summed E-state index contributed by atoms with van der Waals surface area (Å²) in [6.07, 6.45) is -2.42. The molecule has 0 aliphatic heterocycles. The number of halogens is 3. The number of benzene rings is 2. The van der Waals surface area contributed by atoms with Gasteiger partial charge >= 0.3 is 6.18 Å². The van der Waals surface area contributed by atoms with Crippen LogP contribution < -0.4 is 14.8 Å². The molecule has 3 rings (SSSR count). The summed E-state index contributed by atoms with van der Waals surface area (Å²) in [4.78, 5) is 17.0. The molecular weight excluding hydrogens is 417 g/mol. The first kappa shape index (κ1) is 21.6. The quantitative estimate of drug-likeness (QED) is 0.529. The Labute approximate surface area is 175 Å². The summed E-state index contributed by atoms with van der Waals surface area (Å²) in [6, 6.07) is 12.3. The highest BCUT2D eigenvalue weighted by Crippen LogP contribution is 2.30. The zero-order chi connectivity index (χ0) is 21.6. The van der Waals surface area contributed by atoms with Crippen LogP contribution in [-0.2, 0) is 17.4 Å². The fraction of sp³-hybridized carbons (Fsp3) is 0.238. The van der Waals surface area contributed by atoms with E-state index in [1.54, 1.807) is 30.5 Å². The molecule has 1 N–H and O–H groups in total. The van der Waals surface area contributed by atoms with E-state index in [0.29, 0.717) is 28.6 Å².